The van der Waals surface area contributed by atoms with Crippen molar-refractivity contribution in [3.05, 3.63) is 34.6 Å². The molecule has 1 N–H and O–H groups in total. The highest BCUT2D eigenvalue weighted by atomic mass is 79.9. The molecule has 2 rings (SSSR count). The van der Waals surface area contributed by atoms with Gasteiger partial charge in [0.15, 0.2) is 0 Å². The molecule has 0 fully saturated rings. The van der Waals surface area contributed by atoms with Crippen LogP contribution < -0.4 is 0 Å². The summed E-state index contributed by atoms with van der Waals surface area (Å²) in [6, 6.07) is 6.97. The average Bonchev–Trinajstić information content (AvgIpc) is 2.88. The minimum Gasteiger partial charge on any atom is -0.480 e. The summed E-state index contributed by atoms with van der Waals surface area (Å²) in [6.45, 7) is 2.13. The van der Waals surface area contributed by atoms with Gasteiger partial charge in [0, 0.05) is 10.0 Å². The molecule has 1 atom stereocenters. The van der Waals surface area contributed by atoms with Crippen molar-refractivity contribution in [2.75, 3.05) is 7.05 Å². The summed E-state index contributed by atoms with van der Waals surface area (Å²) >= 11 is 3.36. The summed E-state index contributed by atoms with van der Waals surface area (Å²) in [5, 5.41) is 17.1. The van der Waals surface area contributed by atoms with Gasteiger partial charge in [0.25, 0.3) is 0 Å². The van der Waals surface area contributed by atoms with E-state index in [1.165, 1.54) is 0 Å². The molecular weight excluding hydrogens is 338 g/mol. The number of hydrogen-bond donors (Lipinski definition) is 1. The maximum atomic E-state index is 11.1. The highest BCUT2D eigenvalue weighted by Gasteiger charge is 2.22. The smallest absolute Gasteiger partial charge is 0.320 e. The van der Waals surface area contributed by atoms with E-state index in [1.807, 2.05) is 31.2 Å². The first kappa shape index (κ1) is 15.7. The van der Waals surface area contributed by atoms with Gasteiger partial charge < -0.3 is 9.52 Å². The van der Waals surface area contributed by atoms with Gasteiger partial charge in [-0.2, -0.15) is 0 Å². The zero-order valence-electron chi connectivity index (χ0n) is 11.8. The first-order valence-corrected chi connectivity index (χ1v) is 7.32. The van der Waals surface area contributed by atoms with Crippen LogP contribution in [-0.2, 0) is 11.3 Å². The molecule has 7 heteroatoms. The third-order valence-corrected chi connectivity index (χ3v) is 3.68. The van der Waals surface area contributed by atoms with E-state index in [9.17, 15) is 4.79 Å². The van der Waals surface area contributed by atoms with Gasteiger partial charge in [-0.15, -0.1) is 10.2 Å². The summed E-state index contributed by atoms with van der Waals surface area (Å²) in [5.74, 6) is -0.0305. The molecule has 21 heavy (non-hydrogen) atoms. The number of carboxylic acid groups (broad SMARTS) is 1. The minimum absolute atomic E-state index is 0.300. The fourth-order valence-electron chi connectivity index (χ4n) is 2.02. The Morgan fingerprint density at radius 1 is 1.38 bits per heavy atom. The van der Waals surface area contributed by atoms with Crippen molar-refractivity contribution in [3.8, 4) is 11.5 Å². The average molecular weight is 354 g/mol. The lowest BCUT2D eigenvalue weighted by atomic mass is 10.2. The lowest BCUT2D eigenvalue weighted by Gasteiger charge is -2.21. The molecule has 0 saturated carbocycles. The van der Waals surface area contributed by atoms with Crippen LogP contribution in [0.15, 0.2) is 33.2 Å². The number of rotatable bonds is 6. The monoisotopic (exact) mass is 353 g/mol. The first-order chi connectivity index (χ1) is 10.0. The van der Waals surface area contributed by atoms with E-state index in [2.05, 4.69) is 26.1 Å². The van der Waals surface area contributed by atoms with Gasteiger partial charge in [-0.25, -0.2) is 0 Å². The molecule has 0 amide bonds. The maximum absolute atomic E-state index is 11.1. The summed E-state index contributed by atoms with van der Waals surface area (Å²) in [7, 11) is 1.73. The molecule has 1 aromatic heterocycles. The van der Waals surface area contributed by atoms with E-state index in [0.717, 1.165) is 10.0 Å². The topological polar surface area (TPSA) is 79.5 Å². The predicted molar refractivity (Wildman–Crippen MR) is 80.6 cm³/mol. The van der Waals surface area contributed by atoms with Crippen LogP contribution in [0.5, 0.6) is 0 Å². The molecule has 0 aliphatic rings. The largest absolute Gasteiger partial charge is 0.480 e. The molecule has 0 spiro atoms. The number of benzene rings is 1. The van der Waals surface area contributed by atoms with Gasteiger partial charge in [-0.05, 0) is 37.7 Å². The third-order valence-electron chi connectivity index (χ3n) is 3.15. The lowest BCUT2D eigenvalue weighted by Crippen LogP contribution is -2.37. The van der Waals surface area contributed by atoms with Crippen LogP contribution in [0.2, 0.25) is 0 Å². The lowest BCUT2D eigenvalue weighted by molar-refractivity contribution is -0.143. The Morgan fingerprint density at radius 2 is 2.05 bits per heavy atom. The van der Waals surface area contributed by atoms with Crippen molar-refractivity contribution >= 4 is 21.9 Å². The molecule has 0 aliphatic carbocycles. The number of halogens is 1. The van der Waals surface area contributed by atoms with E-state index in [-0.39, 0.29) is 0 Å². The van der Waals surface area contributed by atoms with E-state index in [4.69, 9.17) is 9.52 Å². The van der Waals surface area contributed by atoms with Crippen LogP contribution in [0.3, 0.4) is 0 Å². The minimum atomic E-state index is -0.854. The van der Waals surface area contributed by atoms with E-state index in [1.54, 1.807) is 11.9 Å². The number of likely N-dealkylation sites (N-methyl/N-ethyl adjacent to an activating group) is 1. The van der Waals surface area contributed by atoms with Gasteiger partial charge in [-0.3, -0.25) is 9.69 Å². The quantitative estimate of drug-likeness (QED) is 0.859. The van der Waals surface area contributed by atoms with Gasteiger partial charge in [0.05, 0.1) is 6.54 Å². The second kappa shape index (κ2) is 6.82. The maximum Gasteiger partial charge on any atom is 0.320 e. The van der Waals surface area contributed by atoms with Crippen molar-refractivity contribution in [2.45, 2.75) is 25.9 Å². The highest BCUT2D eigenvalue weighted by molar-refractivity contribution is 9.10. The molecule has 6 nitrogen and oxygen atoms in total. The summed E-state index contributed by atoms with van der Waals surface area (Å²) in [4.78, 5) is 12.8. The van der Waals surface area contributed by atoms with Gasteiger partial charge in [0.2, 0.25) is 11.8 Å². The molecule has 112 valence electrons. The van der Waals surface area contributed by atoms with E-state index < -0.39 is 12.0 Å². The molecular formula is C14H16BrN3O3. The Kier molecular flexibility index (Phi) is 5.08. The fraction of sp³-hybridized carbons (Fsp3) is 0.357. The van der Waals surface area contributed by atoms with Crippen LogP contribution in [0.25, 0.3) is 11.5 Å². The number of carbonyl (C=O) groups is 1. The molecule has 0 aliphatic heterocycles. The van der Waals surface area contributed by atoms with E-state index in [0.29, 0.717) is 24.7 Å². The first-order valence-electron chi connectivity index (χ1n) is 6.52. The SMILES string of the molecule is CCC(C(=O)O)N(C)Cc1nnc(-c2ccc(Br)cc2)o1. The van der Waals surface area contributed by atoms with Gasteiger partial charge >= 0.3 is 5.97 Å². The summed E-state index contributed by atoms with van der Waals surface area (Å²) in [5.41, 5.74) is 0.824. The van der Waals surface area contributed by atoms with Crippen molar-refractivity contribution in [3.63, 3.8) is 0 Å². The van der Waals surface area contributed by atoms with Crippen LogP contribution in [0.4, 0.5) is 0 Å². The Morgan fingerprint density at radius 3 is 2.62 bits per heavy atom. The van der Waals surface area contributed by atoms with Crippen LogP contribution in [0.1, 0.15) is 19.2 Å². The summed E-state index contributed by atoms with van der Waals surface area (Å²) < 4.78 is 6.55. The number of aromatic nitrogens is 2. The zero-order chi connectivity index (χ0) is 15.4. The highest BCUT2D eigenvalue weighted by Crippen LogP contribution is 2.21. The van der Waals surface area contributed by atoms with Crippen molar-refractivity contribution in [1.29, 1.82) is 0 Å². The number of hydrogen-bond acceptors (Lipinski definition) is 5. The third kappa shape index (κ3) is 3.89. The Hall–Kier alpha value is -1.73. The molecule has 0 radical (unpaired) electrons. The van der Waals surface area contributed by atoms with E-state index >= 15 is 0 Å². The second-order valence-electron chi connectivity index (χ2n) is 4.69. The van der Waals surface area contributed by atoms with Crippen LogP contribution in [-0.4, -0.2) is 39.3 Å². The molecule has 2 aromatic rings. The Bertz CT molecular complexity index is 612. The molecule has 1 aromatic carbocycles. The zero-order valence-corrected chi connectivity index (χ0v) is 13.4. The fourth-order valence-corrected chi connectivity index (χ4v) is 2.29. The standard InChI is InChI=1S/C14H16BrN3O3/c1-3-11(14(19)20)18(2)8-12-16-17-13(21-12)9-4-6-10(15)7-5-9/h4-7,11H,3,8H2,1-2H3,(H,19,20). The number of carboxylic acids is 1. The van der Waals surface area contributed by atoms with Crippen molar-refractivity contribution in [1.82, 2.24) is 15.1 Å². The second-order valence-corrected chi connectivity index (χ2v) is 5.60. The summed E-state index contributed by atoms with van der Waals surface area (Å²) in [6.07, 6.45) is 0.513. The molecule has 0 bridgehead atoms. The van der Waals surface area contributed by atoms with Crippen LogP contribution >= 0.6 is 15.9 Å². The predicted octanol–water partition coefficient (Wildman–Crippen LogP) is 2.79. The van der Waals surface area contributed by atoms with Gasteiger partial charge in [-0.1, -0.05) is 22.9 Å². The number of nitrogens with zero attached hydrogens (tertiary/aromatic N) is 3. The van der Waals surface area contributed by atoms with Gasteiger partial charge in [0.1, 0.15) is 6.04 Å². The number of aliphatic carboxylic acids is 1. The Labute approximate surface area is 130 Å². The van der Waals surface area contributed by atoms with Crippen LogP contribution in [0, 0.1) is 0 Å². The Balaban J connectivity index is 2.09. The van der Waals surface area contributed by atoms with Crippen molar-refractivity contribution < 1.29 is 14.3 Å². The molecule has 1 heterocycles. The normalized spacial score (nSPS) is 12.6. The molecule has 0 saturated heterocycles. The molecule has 1 unspecified atom stereocenters. The van der Waals surface area contributed by atoms with Crippen molar-refractivity contribution in [2.24, 2.45) is 0 Å².